The van der Waals surface area contributed by atoms with Crippen LogP contribution in [-0.4, -0.2) is 9.78 Å². The number of hydrazine groups is 1. The molecule has 2 aromatic rings. The Labute approximate surface area is 125 Å². The molecule has 0 aliphatic rings. The lowest BCUT2D eigenvalue weighted by atomic mass is 10.0. The molecule has 1 aromatic heterocycles. The summed E-state index contributed by atoms with van der Waals surface area (Å²) in [6.07, 6.45) is 2.35. The average molecular weight is 345 g/mol. The highest BCUT2D eigenvalue weighted by Gasteiger charge is 2.18. The number of benzene rings is 1. The summed E-state index contributed by atoms with van der Waals surface area (Å²) in [6.45, 7) is 0. The third kappa shape index (κ3) is 3.09. The zero-order valence-corrected chi connectivity index (χ0v) is 12.7. The smallest absolute Gasteiger partial charge is 0.126 e. The predicted octanol–water partition coefficient (Wildman–Crippen LogP) is 2.17. The lowest BCUT2D eigenvalue weighted by Gasteiger charge is -2.16. The summed E-state index contributed by atoms with van der Waals surface area (Å²) in [5.74, 6) is 6.21. The van der Waals surface area contributed by atoms with Gasteiger partial charge in [-0.1, -0.05) is 33.6 Å². The third-order valence-electron chi connectivity index (χ3n) is 3.03. The minimum absolute atomic E-state index is 0.132. The highest BCUT2D eigenvalue weighted by Crippen LogP contribution is 2.27. The van der Waals surface area contributed by atoms with Crippen molar-refractivity contribution in [2.24, 2.45) is 12.9 Å². The van der Waals surface area contributed by atoms with Crippen LogP contribution in [0, 0.1) is 0 Å². The average Bonchev–Trinajstić information content (AvgIpc) is 2.70. The number of hydrogen-bond donors (Lipinski definition) is 3. The van der Waals surface area contributed by atoms with Crippen LogP contribution >= 0.6 is 27.5 Å². The molecule has 2 rings (SSSR count). The van der Waals surface area contributed by atoms with E-state index in [-0.39, 0.29) is 6.04 Å². The van der Waals surface area contributed by atoms with Crippen molar-refractivity contribution >= 4 is 33.3 Å². The quantitative estimate of drug-likeness (QED) is 0.586. The number of nitrogens with two attached hydrogens (primary N) is 2. The molecule has 1 heterocycles. The normalized spacial score (nSPS) is 12.6. The fourth-order valence-corrected chi connectivity index (χ4v) is 2.65. The Bertz CT molecular complexity index is 583. The van der Waals surface area contributed by atoms with Crippen molar-refractivity contribution in [3.8, 4) is 0 Å². The van der Waals surface area contributed by atoms with Gasteiger partial charge in [0.25, 0.3) is 0 Å². The Morgan fingerprint density at radius 1 is 1.53 bits per heavy atom. The Morgan fingerprint density at radius 3 is 2.79 bits per heavy atom. The van der Waals surface area contributed by atoms with Crippen LogP contribution in [0.3, 0.4) is 0 Å². The summed E-state index contributed by atoms with van der Waals surface area (Å²) in [7, 11) is 1.79. The summed E-state index contributed by atoms with van der Waals surface area (Å²) in [4.78, 5) is 0. The maximum atomic E-state index is 6.21. The molecule has 5 nitrogen and oxygen atoms in total. The van der Waals surface area contributed by atoms with Crippen molar-refractivity contribution in [2.75, 3.05) is 5.73 Å². The number of nitrogen functional groups attached to an aromatic ring is 1. The highest BCUT2D eigenvalue weighted by atomic mass is 79.9. The Kier molecular flexibility index (Phi) is 4.46. The second kappa shape index (κ2) is 5.92. The minimum Gasteiger partial charge on any atom is -0.384 e. The molecule has 102 valence electrons. The molecule has 1 atom stereocenters. The highest BCUT2D eigenvalue weighted by molar-refractivity contribution is 9.10. The van der Waals surface area contributed by atoms with Crippen molar-refractivity contribution < 1.29 is 0 Å². The van der Waals surface area contributed by atoms with E-state index in [9.17, 15) is 0 Å². The minimum atomic E-state index is -0.132. The Morgan fingerprint density at radius 2 is 2.26 bits per heavy atom. The zero-order chi connectivity index (χ0) is 14.0. The number of nitrogens with one attached hydrogen (secondary N) is 1. The van der Waals surface area contributed by atoms with E-state index < -0.39 is 0 Å². The zero-order valence-electron chi connectivity index (χ0n) is 10.4. The van der Waals surface area contributed by atoms with Gasteiger partial charge in [0.1, 0.15) is 5.82 Å². The molecule has 0 aliphatic carbocycles. The molecule has 0 radical (unpaired) electrons. The van der Waals surface area contributed by atoms with Crippen LogP contribution < -0.4 is 17.0 Å². The van der Waals surface area contributed by atoms with E-state index >= 15 is 0 Å². The first-order valence-corrected chi connectivity index (χ1v) is 6.87. The van der Waals surface area contributed by atoms with Crippen molar-refractivity contribution in [3.63, 3.8) is 0 Å². The van der Waals surface area contributed by atoms with Gasteiger partial charge in [-0.05, 0) is 24.1 Å². The summed E-state index contributed by atoms with van der Waals surface area (Å²) >= 11 is 9.59. The van der Waals surface area contributed by atoms with Crippen LogP contribution in [0.2, 0.25) is 5.02 Å². The van der Waals surface area contributed by atoms with E-state index in [1.807, 2.05) is 18.2 Å². The van der Waals surface area contributed by atoms with Gasteiger partial charge in [-0.25, -0.2) is 0 Å². The molecule has 0 saturated carbocycles. The second-order valence-electron chi connectivity index (χ2n) is 4.27. The van der Waals surface area contributed by atoms with Gasteiger partial charge in [-0.3, -0.25) is 16.0 Å². The summed E-state index contributed by atoms with van der Waals surface area (Å²) in [5.41, 5.74) is 10.6. The van der Waals surface area contributed by atoms with Gasteiger partial charge in [0, 0.05) is 22.1 Å². The van der Waals surface area contributed by atoms with Crippen LogP contribution in [-0.2, 0) is 13.5 Å². The Hall–Kier alpha value is -1.08. The molecule has 5 N–H and O–H groups in total. The lowest BCUT2D eigenvalue weighted by molar-refractivity contribution is 0.553. The molecule has 0 saturated heterocycles. The van der Waals surface area contributed by atoms with E-state index in [2.05, 4.69) is 26.5 Å². The van der Waals surface area contributed by atoms with E-state index in [0.29, 0.717) is 17.3 Å². The van der Waals surface area contributed by atoms with Crippen molar-refractivity contribution in [1.82, 2.24) is 15.2 Å². The van der Waals surface area contributed by atoms with Crippen LogP contribution in [0.1, 0.15) is 17.2 Å². The molecule has 0 spiro atoms. The predicted molar refractivity (Wildman–Crippen MR) is 80.5 cm³/mol. The summed E-state index contributed by atoms with van der Waals surface area (Å²) in [6, 6.07) is 5.63. The molecule has 0 bridgehead atoms. The molecule has 0 aliphatic heterocycles. The number of rotatable bonds is 4. The lowest BCUT2D eigenvalue weighted by Crippen LogP contribution is -2.30. The summed E-state index contributed by atoms with van der Waals surface area (Å²) in [5, 5.41) is 4.81. The molecule has 1 unspecified atom stereocenters. The number of anilines is 1. The number of halogens is 2. The SMILES string of the molecule is Cn1ncc(C(Cc2ccc(Br)cc2Cl)NN)c1N. The van der Waals surface area contributed by atoms with Gasteiger partial charge in [0.2, 0.25) is 0 Å². The Balaban J connectivity index is 2.26. The van der Waals surface area contributed by atoms with E-state index in [0.717, 1.165) is 15.6 Å². The maximum absolute atomic E-state index is 6.21. The second-order valence-corrected chi connectivity index (χ2v) is 5.59. The molecule has 0 amide bonds. The number of hydrogen-bond acceptors (Lipinski definition) is 4. The molecule has 1 aromatic carbocycles. The van der Waals surface area contributed by atoms with E-state index in [1.165, 1.54) is 0 Å². The largest absolute Gasteiger partial charge is 0.384 e. The monoisotopic (exact) mass is 343 g/mol. The molecule has 7 heteroatoms. The third-order valence-corrected chi connectivity index (χ3v) is 3.88. The molecular formula is C12H15BrClN5. The van der Waals surface area contributed by atoms with Gasteiger partial charge < -0.3 is 5.73 Å². The van der Waals surface area contributed by atoms with Crippen molar-refractivity contribution in [3.05, 3.63) is 45.0 Å². The topological polar surface area (TPSA) is 81.9 Å². The van der Waals surface area contributed by atoms with Gasteiger partial charge in [-0.15, -0.1) is 0 Å². The van der Waals surface area contributed by atoms with Crippen LogP contribution in [0.5, 0.6) is 0 Å². The van der Waals surface area contributed by atoms with Gasteiger partial charge in [0.15, 0.2) is 0 Å². The molecule has 0 fully saturated rings. The van der Waals surface area contributed by atoms with Crippen molar-refractivity contribution in [2.45, 2.75) is 12.5 Å². The van der Waals surface area contributed by atoms with Gasteiger partial charge >= 0.3 is 0 Å². The van der Waals surface area contributed by atoms with Crippen LogP contribution in [0.4, 0.5) is 5.82 Å². The maximum Gasteiger partial charge on any atom is 0.126 e. The van der Waals surface area contributed by atoms with E-state index in [1.54, 1.807) is 17.9 Å². The fraction of sp³-hybridized carbons (Fsp3) is 0.250. The fourth-order valence-electron chi connectivity index (χ4n) is 1.90. The van der Waals surface area contributed by atoms with Crippen molar-refractivity contribution in [1.29, 1.82) is 0 Å². The van der Waals surface area contributed by atoms with Gasteiger partial charge in [-0.2, -0.15) is 5.10 Å². The number of aryl methyl sites for hydroxylation is 1. The molecular weight excluding hydrogens is 330 g/mol. The van der Waals surface area contributed by atoms with Gasteiger partial charge in [0.05, 0.1) is 12.2 Å². The first-order chi connectivity index (χ1) is 9.02. The van der Waals surface area contributed by atoms with Crippen LogP contribution in [0.25, 0.3) is 0 Å². The standard InChI is InChI=1S/C12H15BrClN5/c1-19-12(15)9(6-17-19)11(18-16)4-7-2-3-8(13)5-10(7)14/h2-3,5-6,11,18H,4,15-16H2,1H3. The van der Waals surface area contributed by atoms with E-state index in [4.69, 9.17) is 23.2 Å². The first kappa shape index (κ1) is 14.3. The summed E-state index contributed by atoms with van der Waals surface area (Å²) < 4.78 is 2.56. The number of nitrogens with zero attached hydrogens (tertiary/aromatic N) is 2. The van der Waals surface area contributed by atoms with Crippen LogP contribution in [0.15, 0.2) is 28.9 Å². The molecule has 19 heavy (non-hydrogen) atoms. The number of aromatic nitrogens is 2. The first-order valence-electron chi connectivity index (χ1n) is 5.70.